The number of rotatable bonds is 5. The van der Waals surface area contributed by atoms with Crippen LogP contribution in [0.3, 0.4) is 0 Å². The van der Waals surface area contributed by atoms with Crippen molar-refractivity contribution in [1.82, 2.24) is 5.32 Å². The maximum Gasteiger partial charge on any atom is 0.352 e. The Morgan fingerprint density at radius 3 is 2.50 bits per heavy atom. The van der Waals surface area contributed by atoms with Crippen molar-refractivity contribution in [1.29, 1.82) is 0 Å². The molecule has 1 saturated heterocycles. The Morgan fingerprint density at radius 1 is 1.19 bits per heavy atom. The van der Waals surface area contributed by atoms with Crippen LogP contribution in [0, 0.1) is 0 Å². The van der Waals surface area contributed by atoms with Gasteiger partial charge >= 0.3 is 5.92 Å². The molecule has 2 N–H and O–H groups in total. The molecule has 0 bridgehead atoms. The van der Waals surface area contributed by atoms with Gasteiger partial charge in [0, 0.05) is 18.8 Å². The van der Waals surface area contributed by atoms with E-state index >= 15 is 0 Å². The first-order valence-electron chi connectivity index (χ1n) is 9.59. The van der Waals surface area contributed by atoms with Gasteiger partial charge in [-0.3, -0.25) is 4.79 Å². The molecular formula is C20H28F2N2O2. The van der Waals surface area contributed by atoms with Crippen molar-refractivity contribution in [2.75, 3.05) is 18.0 Å². The summed E-state index contributed by atoms with van der Waals surface area (Å²) < 4.78 is 29.2. The lowest BCUT2D eigenvalue weighted by Gasteiger charge is -2.38. The molecule has 1 amide bonds. The zero-order valence-electron chi connectivity index (χ0n) is 15.3. The molecule has 0 aromatic heterocycles. The maximum atomic E-state index is 14.6. The Bertz CT molecular complexity index is 638. The van der Waals surface area contributed by atoms with Gasteiger partial charge in [0.15, 0.2) is 0 Å². The number of halogens is 2. The van der Waals surface area contributed by atoms with Gasteiger partial charge in [0.1, 0.15) is 5.60 Å². The average Bonchev–Trinajstić information content (AvgIpc) is 3.17. The van der Waals surface area contributed by atoms with Crippen molar-refractivity contribution < 1.29 is 18.7 Å². The molecule has 1 aliphatic carbocycles. The number of carbonyl (C=O) groups is 1. The number of amides is 1. The molecule has 144 valence electrons. The van der Waals surface area contributed by atoms with E-state index in [2.05, 4.69) is 10.2 Å². The molecule has 6 heteroatoms. The summed E-state index contributed by atoms with van der Waals surface area (Å²) in [6.45, 7) is 3.69. The molecule has 1 aromatic carbocycles. The molecule has 0 spiro atoms. The molecule has 26 heavy (non-hydrogen) atoms. The van der Waals surface area contributed by atoms with Crippen LogP contribution in [-0.2, 0) is 4.79 Å². The second kappa shape index (κ2) is 7.51. The summed E-state index contributed by atoms with van der Waals surface area (Å²) in [6.07, 6.45) is 4.10. The minimum absolute atomic E-state index is 0.0355. The highest BCUT2D eigenvalue weighted by Gasteiger charge is 2.58. The summed E-state index contributed by atoms with van der Waals surface area (Å²) in [5.41, 5.74) is -0.389. The Hall–Kier alpha value is -1.69. The van der Waals surface area contributed by atoms with Crippen LogP contribution >= 0.6 is 0 Å². The Morgan fingerprint density at radius 2 is 1.85 bits per heavy atom. The normalized spacial score (nSPS) is 21.5. The van der Waals surface area contributed by atoms with Crippen LogP contribution in [0.4, 0.5) is 14.5 Å². The highest BCUT2D eigenvalue weighted by Crippen LogP contribution is 2.41. The summed E-state index contributed by atoms with van der Waals surface area (Å²) in [7, 11) is 0. The summed E-state index contributed by atoms with van der Waals surface area (Å²) >= 11 is 0. The Kier molecular flexibility index (Phi) is 5.51. The average molecular weight is 366 g/mol. The topological polar surface area (TPSA) is 52.6 Å². The van der Waals surface area contributed by atoms with Crippen molar-refractivity contribution in [3.63, 3.8) is 0 Å². The van der Waals surface area contributed by atoms with Crippen LogP contribution in [0.5, 0.6) is 0 Å². The number of hydrogen-bond acceptors (Lipinski definition) is 3. The van der Waals surface area contributed by atoms with E-state index in [1.165, 1.54) is 0 Å². The zero-order chi connectivity index (χ0) is 18.8. The predicted molar refractivity (Wildman–Crippen MR) is 97.4 cm³/mol. The molecule has 0 unspecified atom stereocenters. The summed E-state index contributed by atoms with van der Waals surface area (Å²) in [4.78, 5) is 14.5. The van der Waals surface area contributed by atoms with Crippen LogP contribution in [0.15, 0.2) is 24.3 Å². The number of aliphatic hydroxyl groups is 1. The highest BCUT2D eigenvalue weighted by molar-refractivity contribution is 5.85. The second-order valence-corrected chi connectivity index (χ2v) is 7.65. The van der Waals surface area contributed by atoms with E-state index in [1.807, 2.05) is 24.3 Å². The number of alkyl halides is 2. The van der Waals surface area contributed by atoms with Gasteiger partial charge in [-0.15, -0.1) is 0 Å². The number of hydrogen-bond donors (Lipinski definition) is 2. The van der Waals surface area contributed by atoms with Crippen molar-refractivity contribution in [3.05, 3.63) is 29.8 Å². The Labute approximate surface area is 153 Å². The summed E-state index contributed by atoms with van der Waals surface area (Å²) in [5, 5.41) is 12.7. The van der Waals surface area contributed by atoms with E-state index in [0.29, 0.717) is 12.8 Å². The monoisotopic (exact) mass is 366 g/mol. The number of anilines is 1. The summed E-state index contributed by atoms with van der Waals surface area (Å²) in [6, 6.07) is 7.12. The number of nitrogens with zero attached hydrogens (tertiary/aromatic N) is 1. The molecule has 2 aliphatic rings. The lowest BCUT2D eigenvalue weighted by atomic mass is 9.79. The van der Waals surface area contributed by atoms with Crippen LogP contribution in [-0.4, -0.2) is 35.6 Å². The van der Waals surface area contributed by atoms with E-state index in [0.717, 1.165) is 43.6 Å². The van der Waals surface area contributed by atoms with Gasteiger partial charge in [-0.2, -0.15) is 8.78 Å². The second-order valence-electron chi connectivity index (χ2n) is 7.65. The third-order valence-electron chi connectivity index (χ3n) is 5.74. The molecular weight excluding hydrogens is 338 g/mol. The molecule has 2 fully saturated rings. The third kappa shape index (κ3) is 3.70. The minimum Gasteiger partial charge on any atom is -0.383 e. The molecule has 4 nitrogen and oxygen atoms in total. The first kappa shape index (κ1) is 19.1. The zero-order valence-corrected chi connectivity index (χ0v) is 15.3. The fourth-order valence-corrected chi connectivity index (χ4v) is 4.00. The van der Waals surface area contributed by atoms with Gasteiger partial charge in [0.05, 0.1) is 6.04 Å². The van der Waals surface area contributed by atoms with Gasteiger partial charge < -0.3 is 15.3 Å². The summed E-state index contributed by atoms with van der Waals surface area (Å²) in [5.74, 6) is -5.17. The largest absolute Gasteiger partial charge is 0.383 e. The molecule has 1 aliphatic heterocycles. The quantitative estimate of drug-likeness (QED) is 0.834. The van der Waals surface area contributed by atoms with Crippen LogP contribution in [0.2, 0.25) is 0 Å². The van der Waals surface area contributed by atoms with Gasteiger partial charge in [-0.1, -0.05) is 31.4 Å². The standard InChI is InChI=1S/C20H28F2N2O2/c1-15(16-8-7-9-17(14-16)24-12-5-6-13-24)23-18(25)20(21,22)19(26)10-3-2-4-11-19/h7-9,14-15,26H,2-6,10-13H2,1H3,(H,23,25)/t15-/m1/s1. The fraction of sp³-hybridized carbons (Fsp3) is 0.650. The van der Waals surface area contributed by atoms with Crippen molar-refractivity contribution >= 4 is 11.6 Å². The smallest absolute Gasteiger partial charge is 0.352 e. The van der Waals surface area contributed by atoms with Crippen LogP contribution in [0.1, 0.15) is 63.5 Å². The van der Waals surface area contributed by atoms with Crippen LogP contribution < -0.4 is 10.2 Å². The first-order valence-corrected chi connectivity index (χ1v) is 9.59. The van der Waals surface area contributed by atoms with Crippen molar-refractivity contribution in [3.8, 4) is 0 Å². The van der Waals surface area contributed by atoms with E-state index in [9.17, 15) is 18.7 Å². The number of nitrogens with one attached hydrogen (secondary N) is 1. The fourth-order valence-electron chi connectivity index (χ4n) is 4.00. The predicted octanol–water partition coefficient (Wildman–Crippen LogP) is 3.79. The van der Waals surface area contributed by atoms with Crippen LogP contribution in [0.25, 0.3) is 0 Å². The Balaban J connectivity index is 1.69. The molecule has 1 heterocycles. The SMILES string of the molecule is C[C@@H](NC(=O)C(F)(F)C1(O)CCCCC1)c1cccc(N2CCCC2)c1. The molecule has 1 saturated carbocycles. The lowest BCUT2D eigenvalue weighted by Crippen LogP contribution is -2.58. The van der Waals surface area contributed by atoms with E-state index in [-0.39, 0.29) is 12.8 Å². The molecule has 1 aromatic rings. The minimum atomic E-state index is -3.78. The van der Waals surface area contributed by atoms with Gasteiger partial charge in [0.2, 0.25) is 0 Å². The van der Waals surface area contributed by atoms with E-state index in [4.69, 9.17) is 0 Å². The number of carbonyl (C=O) groups excluding carboxylic acids is 1. The maximum absolute atomic E-state index is 14.6. The molecule has 0 radical (unpaired) electrons. The molecule has 3 rings (SSSR count). The highest BCUT2D eigenvalue weighted by atomic mass is 19.3. The first-order chi connectivity index (χ1) is 12.3. The third-order valence-corrected chi connectivity index (χ3v) is 5.74. The van der Waals surface area contributed by atoms with Gasteiger partial charge in [-0.25, -0.2) is 0 Å². The van der Waals surface area contributed by atoms with Crippen molar-refractivity contribution in [2.45, 2.75) is 69.4 Å². The van der Waals surface area contributed by atoms with Crippen molar-refractivity contribution in [2.24, 2.45) is 0 Å². The van der Waals surface area contributed by atoms with E-state index in [1.54, 1.807) is 6.92 Å². The lowest BCUT2D eigenvalue weighted by molar-refractivity contribution is -0.201. The number of benzene rings is 1. The van der Waals surface area contributed by atoms with Gasteiger partial charge in [0.25, 0.3) is 5.91 Å². The van der Waals surface area contributed by atoms with E-state index < -0.39 is 23.5 Å². The van der Waals surface area contributed by atoms with Gasteiger partial charge in [-0.05, 0) is 50.3 Å². The molecule has 1 atom stereocenters.